The fourth-order valence-corrected chi connectivity index (χ4v) is 2.67. The summed E-state index contributed by atoms with van der Waals surface area (Å²) in [5.74, 6) is 0. The summed E-state index contributed by atoms with van der Waals surface area (Å²) in [6, 6.07) is 16.8. The van der Waals surface area contributed by atoms with Gasteiger partial charge in [-0.2, -0.15) is 0 Å². The fourth-order valence-electron chi connectivity index (χ4n) is 2.67. The van der Waals surface area contributed by atoms with E-state index < -0.39 is 4.92 Å². The van der Waals surface area contributed by atoms with E-state index >= 15 is 0 Å². The van der Waals surface area contributed by atoms with Gasteiger partial charge in [-0.25, -0.2) is 0 Å². The molecular formula is C19H20N4O2. The van der Waals surface area contributed by atoms with Gasteiger partial charge in [0.2, 0.25) is 0 Å². The first-order chi connectivity index (χ1) is 12.0. The van der Waals surface area contributed by atoms with Crippen LogP contribution in [0.15, 0.2) is 70.9 Å². The van der Waals surface area contributed by atoms with E-state index in [4.69, 9.17) is 0 Å². The Kier molecular flexibility index (Phi) is 4.79. The Labute approximate surface area is 146 Å². The largest absolute Gasteiger partial charge is 0.302 e. The summed E-state index contributed by atoms with van der Waals surface area (Å²) in [7, 11) is 0. The van der Waals surface area contributed by atoms with Crippen molar-refractivity contribution in [2.75, 3.05) is 11.6 Å². The molecule has 128 valence electrons. The van der Waals surface area contributed by atoms with Gasteiger partial charge < -0.3 is 5.43 Å². The monoisotopic (exact) mass is 336 g/mol. The number of nitrogens with one attached hydrogen (secondary N) is 1. The molecule has 6 heteroatoms. The molecule has 0 aliphatic carbocycles. The number of non-ortho nitro benzene ring substituents is 1. The summed E-state index contributed by atoms with van der Waals surface area (Å²) >= 11 is 0. The first-order valence-electron chi connectivity index (χ1n) is 8.11. The Morgan fingerprint density at radius 1 is 1.20 bits per heavy atom. The minimum atomic E-state index is -0.395. The molecule has 1 aliphatic rings. The first-order valence-corrected chi connectivity index (χ1v) is 8.11. The van der Waals surface area contributed by atoms with Gasteiger partial charge in [0, 0.05) is 29.6 Å². The molecule has 2 aromatic carbocycles. The molecule has 1 atom stereocenters. The molecule has 1 unspecified atom stereocenters. The van der Waals surface area contributed by atoms with Crippen LogP contribution in [0.2, 0.25) is 0 Å². The van der Waals surface area contributed by atoms with Gasteiger partial charge in [0.1, 0.15) is 0 Å². The lowest BCUT2D eigenvalue weighted by Crippen LogP contribution is -2.31. The summed E-state index contributed by atoms with van der Waals surface area (Å²) in [6.45, 7) is 4.73. The van der Waals surface area contributed by atoms with E-state index in [-0.39, 0.29) is 11.7 Å². The minimum Gasteiger partial charge on any atom is -0.302 e. The van der Waals surface area contributed by atoms with Crippen LogP contribution in [0.4, 0.5) is 11.4 Å². The summed E-state index contributed by atoms with van der Waals surface area (Å²) < 4.78 is 0. The third kappa shape index (κ3) is 3.85. The van der Waals surface area contributed by atoms with Crippen LogP contribution >= 0.6 is 0 Å². The first kappa shape index (κ1) is 16.7. The lowest BCUT2D eigenvalue weighted by atomic mass is 10.1. The van der Waals surface area contributed by atoms with Crippen LogP contribution in [0.5, 0.6) is 0 Å². The van der Waals surface area contributed by atoms with E-state index in [2.05, 4.69) is 29.5 Å². The Bertz CT molecular complexity index is 813. The summed E-state index contributed by atoms with van der Waals surface area (Å²) in [5.41, 5.74) is 7.56. The second-order valence-corrected chi connectivity index (χ2v) is 5.99. The Morgan fingerprint density at radius 3 is 2.52 bits per heavy atom. The van der Waals surface area contributed by atoms with Gasteiger partial charge in [-0.3, -0.25) is 20.1 Å². The normalized spacial score (nSPS) is 15.5. The van der Waals surface area contributed by atoms with E-state index in [0.29, 0.717) is 6.54 Å². The van der Waals surface area contributed by atoms with E-state index in [0.717, 1.165) is 17.0 Å². The molecule has 0 saturated carbocycles. The number of rotatable bonds is 5. The second kappa shape index (κ2) is 7.17. The average Bonchev–Trinajstić information content (AvgIpc) is 3.01. The van der Waals surface area contributed by atoms with Crippen molar-refractivity contribution < 1.29 is 4.92 Å². The van der Waals surface area contributed by atoms with Crippen molar-refractivity contribution in [3.8, 4) is 0 Å². The highest BCUT2D eigenvalue weighted by Crippen LogP contribution is 2.23. The predicted molar refractivity (Wildman–Crippen MR) is 99.6 cm³/mol. The molecule has 0 spiro atoms. The zero-order valence-corrected chi connectivity index (χ0v) is 14.2. The van der Waals surface area contributed by atoms with Crippen molar-refractivity contribution in [1.82, 2.24) is 5.43 Å². The topological polar surface area (TPSA) is 70.8 Å². The van der Waals surface area contributed by atoms with Crippen LogP contribution in [-0.2, 0) is 0 Å². The molecule has 0 fully saturated rings. The maximum atomic E-state index is 10.8. The number of nitrogens with zero attached hydrogens (tertiary/aromatic N) is 3. The Hall–Kier alpha value is -3.15. The van der Waals surface area contributed by atoms with Crippen LogP contribution in [0.1, 0.15) is 25.5 Å². The molecule has 6 nitrogen and oxygen atoms in total. The second-order valence-electron chi connectivity index (χ2n) is 5.99. The number of hydrogen-bond donors (Lipinski definition) is 1. The lowest BCUT2D eigenvalue weighted by molar-refractivity contribution is -0.384. The van der Waals surface area contributed by atoms with E-state index in [1.165, 1.54) is 17.7 Å². The Morgan fingerprint density at radius 2 is 1.88 bits per heavy atom. The third-order valence-electron chi connectivity index (χ3n) is 4.22. The highest BCUT2D eigenvalue weighted by molar-refractivity contribution is 5.82. The van der Waals surface area contributed by atoms with E-state index in [1.54, 1.807) is 12.1 Å². The molecular weight excluding hydrogens is 316 g/mol. The quantitative estimate of drug-likeness (QED) is 0.508. The van der Waals surface area contributed by atoms with E-state index in [1.807, 2.05) is 36.3 Å². The van der Waals surface area contributed by atoms with Crippen LogP contribution in [-0.4, -0.2) is 17.7 Å². The SMILES string of the molecule is CC1=C(C=NC(C)c2ccccc2)CN(c2ccc([N+](=O)[O-])cc2)N1. The van der Waals surface area contributed by atoms with Gasteiger partial charge >= 0.3 is 0 Å². The summed E-state index contributed by atoms with van der Waals surface area (Å²) in [4.78, 5) is 15.0. The number of nitro groups is 1. The molecule has 0 aromatic heterocycles. The lowest BCUT2D eigenvalue weighted by Gasteiger charge is -2.19. The molecule has 25 heavy (non-hydrogen) atoms. The molecule has 0 amide bonds. The van der Waals surface area contributed by atoms with Crippen molar-refractivity contribution in [2.45, 2.75) is 19.9 Å². The number of aliphatic imine (C=N–C) groups is 1. The summed E-state index contributed by atoms with van der Waals surface area (Å²) in [5, 5.41) is 12.7. The van der Waals surface area contributed by atoms with Crippen molar-refractivity contribution in [3.63, 3.8) is 0 Å². The highest BCUT2D eigenvalue weighted by atomic mass is 16.6. The average molecular weight is 336 g/mol. The third-order valence-corrected chi connectivity index (χ3v) is 4.22. The molecule has 0 saturated heterocycles. The molecule has 0 radical (unpaired) electrons. The molecule has 2 aromatic rings. The number of benzene rings is 2. The van der Waals surface area contributed by atoms with Gasteiger partial charge in [0.15, 0.2) is 0 Å². The zero-order chi connectivity index (χ0) is 17.8. The van der Waals surface area contributed by atoms with Crippen LogP contribution in [0, 0.1) is 10.1 Å². The van der Waals surface area contributed by atoms with Gasteiger partial charge in [-0.15, -0.1) is 0 Å². The predicted octanol–water partition coefficient (Wildman–Crippen LogP) is 4.03. The van der Waals surface area contributed by atoms with Crippen LogP contribution in [0.25, 0.3) is 0 Å². The van der Waals surface area contributed by atoms with Gasteiger partial charge in [-0.05, 0) is 31.5 Å². The van der Waals surface area contributed by atoms with Gasteiger partial charge in [0.05, 0.1) is 23.2 Å². The van der Waals surface area contributed by atoms with Crippen molar-refractivity contribution >= 4 is 17.6 Å². The minimum absolute atomic E-state index is 0.0890. The van der Waals surface area contributed by atoms with Gasteiger partial charge in [-0.1, -0.05) is 30.3 Å². The van der Waals surface area contributed by atoms with Crippen LogP contribution in [0.3, 0.4) is 0 Å². The number of anilines is 1. The molecule has 1 heterocycles. The van der Waals surface area contributed by atoms with E-state index in [9.17, 15) is 10.1 Å². The zero-order valence-electron chi connectivity index (χ0n) is 14.2. The van der Waals surface area contributed by atoms with Crippen molar-refractivity contribution in [1.29, 1.82) is 0 Å². The number of nitro benzene ring substituents is 1. The molecule has 3 rings (SSSR count). The van der Waals surface area contributed by atoms with Crippen molar-refractivity contribution in [3.05, 3.63) is 81.5 Å². The van der Waals surface area contributed by atoms with Crippen molar-refractivity contribution in [2.24, 2.45) is 4.99 Å². The Balaban J connectivity index is 1.67. The number of hydrogen-bond acceptors (Lipinski definition) is 5. The molecule has 0 bridgehead atoms. The van der Waals surface area contributed by atoms with Crippen LogP contribution < -0.4 is 10.4 Å². The smallest absolute Gasteiger partial charge is 0.269 e. The highest BCUT2D eigenvalue weighted by Gasteiger charge is 2.18. The molecule has 1 N–H and O–H groups in total. The fraction of sp³-hybridized carbons (Fsp3) is 0.211. The standard InChI is InChI=1S/C19H20N4O2/c1-14(16-6-4-3-5-7-16)20-12-17-13-22(21-15(17)2)18-8-10-19(11-9-18)23(24)25/h3-12,14,21H,13H2,1-2H3. The maximum absolute atomic E-state index is 10.8. The van der Waals surface area contributed by atoms with Gasteiger partial charge in [0.25, 0.3) is 5.69 Å². The number of allylic oxidation sites excluding steroid dienone is 1. The summed E-state index contributed by atoms with van der Waals surface area (Å²) in [6.07, 6.45) is 1.91. The molecule has 1 aliphatic heterocycles. The maximum Gasteiger partial charge on any atom is 0.269 e. The number of hydrazine groups is 1.